The molecule has 0 spiro atoms. The monoisotopic (exact) mass is 646 g/mol. The molecule has 258 valence electrons. The lowest BCUT2D eigenvalue weighted by atomic mass is 9.32. The molecule has 0 amide bonds. The molecule has 2 nitrogen and oxygen atoms in total. The minimum absolute atomic E-state index is 0.139. The van der Waals surface area contributed by atoms with Crippen LogP contribution in [0.25, 0.3) is 0 Å². The van der Waals surface area contributed by atoms with Crippen molar-refractivity contribution in [3.63, 3.8) is 0 Å². The minimum Gasteiger partial charge on any atom is -0.508 e. The summed E-state index contributed by atoms with van der Waals surface area (Å²) in [6.45, 7) is 0. The van der Waals surface area contributed by atoms with Crippen molar-refractivity contribution in [1.29, 1.82) is 0 Å². The van der Waals surface area contributed by atoms with Gasteiger partial charge >= 0.3 is 0 Å². The second kappa shape index (κ2) is 8.71. The standard InChI is InChI=1S/C46H62O2/c47-39-10-40(48)38(42-13-35-8-36(14-42)24-46(23-35,26-42)44-18-30-4-31(19-44)6-32(5-30)20-44)9-37(39)41-11-33-7-34(12-41)22-45(21-33,25-41)43-15-27-1-28(16-43)3-29(2-27)17-43/h9-10,27-36,47-48H,1-8,11-26H2. The Kier molecular flexibility index (Phi) is 5.15. The lowest BCUT2D eigenvalue weighted by molar-refractivity contribution is -0.207. The number of phenolic OH excluding ortho intramolecular Hbond substituents is 2. The highest BCUT2D eigenvalue weighted by Gasteiger charge is 2.70. The van der Waals surface area contributed by atoms with Crippen molar-refractivity contribution in [2.24, 2.45) is 80.8 Å². The zero-order valence-corrected chi connectivity index (χ0v) is 29.8. The SMILES string of the molecule is Oc1cc(O)c(C23CC4CC(C2)CC(C25CC6CC(CC(C6)C2)C5)(C4)C3)cc1C12CC3CC(C1)CC(C14CC5CC(CC(C5)C1)C4)(C3)C2. The van der Waals surface area contributed by atoms with Gasteiger partial charge in [0.2, 0.25) is 0 Å². The molecular weight excluding hydrogens is 585 g/mol. The van der Waals surface area contributed by atoms with E-state index in [4.69, 9.17) is 0 Å². The van der Waals surface area contributed by atoms with Crippen LogP contribution in [0.15, 0.2) is 12.1 Å². The Morgan fingerprint density at radius 2 is 0.604 bits per heavy atom. The predicted octanol–water partition coefficient (Wildman–Crippen LogP) is 11.2. The average Bonchev–Trinajstić information content (AvgIpc) is 2.98. The van der Waals surface area contributed by atoms with Crippen LogP contribution in [0.4, 0.5) is 0 Å². The van der Waals surface area contributed by atoms with Crippen LogP contribution < -0.4 is 0 Å². The highest BCUT2D eigenvalue weighted by molar-refractivity contribution is 5.53. The van der Waals surface area contributed by atoms with Crippen molar-refractivity contribution in [2.45, 2.75) is 165 Å². The van der Waals surface area contributed by atoms with Crippen molar-refractivity contribution in [1.82, 2.24) is 0 Å². The van der Waals surface area contributed by atoms with Gasteiger partial charge in [-0.3, -0.25) is 0 Å². The summed E-state index contributed by atoms with van der Waals surface area (Å²) in [4.78, 5) is 0. The van der Waals surface area contributed by atoms with Gasteiger partial charge in [-0.1, -0.05) is 0 Å². The fourth-order valence-electron chi connectivity index (χ4n) is 21.3. The maximum absolute atomic E-state index is 12.0. The molecule has 16 aliphatic carbocycles. The van der Waals surface area contributed by atoms with E-state index in [1.165, 1.54) is 88.2 Å². The van der Waals surface area contributed by atoms with Gasteiger partial charge in [-0.25, -0.2) is 0 Å². The van der Waals surface area contributed by atoms with E-state index in [2.05, 4.69) is 6.07 Å². The van der Waals surface area contributed by atoms with E-state index in [0.717, 1.165) is 59.2 Å². The molecule has 1 aromatic carbocycles. The third-order valence-electron chi connectivity index (χ3n) is 20.7. The number of phenols is 2. The molecule has 4 unspecified atom stereocenters. The first-order chi connectivity index (χ1) is 23.1. The third kappa shape index (κ3) is 3.41. The van der Waals surface area contributed by atoms with Gasteiger partial charge in [0.1, 0.15) is 11.5 Å². The summed E-state index contributed by atoms with van der Waals surface area (Å²) in [7, 11) is 0. The van der Waals surface area contributed by atoms with Gasteiger partial charge in [0.25, 0.3) is 0 Å². The highest BCUT2D eigenvalue weighted by Crippen LogP contribution is 2.80. The predicted molar refractivity (Wildman–Crippen MR) is 189 cm³/mol. The first-order valence-electron chi connectivity index (χ1n) is 21.7. The van der Waals surface area contributed by atoms with Crippen LogP contribution in [0.5, 0.6) is 11.5 Å². The van der Waals surface area contributed by atoms with E-state index in [-0.39, 0.29) is 10.8 Å². The molecule has 1 aromatic rings. The second-order valence-corrected chi connectivity index (χ2v) is 23.3. The van der Waals surface area contributed by atoms with Crippen LogP contribution in [-0.2, 0) is 10.8 Å². The maximum Gasteiger partial charge on any atom is 0.123 e. The van der Waals surface area contributed by atoms with Gasteiger partial charge in [-0.2, -0.15) is 0 Å². The van der Waals surface area contributed by atoms with E-state index < -0.39 is 0 Å². The quantitative estimate of drug-likeness (QED) is 0.342. The van der Waals surface area contributed by atoms with E-state index in [0.29, 0.717) is 33.2 Å². The van der Waals surface area contributed by atoms with Gasteiger partial charge in [-0.15, -0.1) is 0 Å². The molecule has 2 heteroatoms. The number of benzene rings is 1. The minimum atomic E-state index is 0.139. The second-order valence-electron chi connectivity index (χ2n) is 23.3. The summed E-state index contributed by atoms with van der Waals surface area (Å²) >= 11 is 0. The molecule has 4 atom stereocenters. The number of rotatable bonds is 4. The molecule has 16 saturated carbocycles. The molecule has 0 radical (unpaired) electrons. The first kappa shape index (κ1) is 28.4. The third-order valence-corrected chi connectivity index (χ3v) is 20.7. The summed E-state index contributed by atoms with van der Waals surface area (Å²) in [5.41, 5.74) is 5.15. The molecule has 2 N–H and O–H groups in total. The summed E-state index contributed by atoms with van der Waals surface area (Å²) in [6.07, 6.45) is 35.4. The molecule has 0 aromatic heterocycles. The van der Waals surface area contributed by atoms with Crippen molar-refractivity contribution < 1.29 is 10.2 Å². The molecule has 48 heavy (non-hydrogen) atoms. The largest absolute Gasteiger partial charge is 0.508 e. The van der Waals surface area contributed by atoms with Crippen LogP contribution in [0.3, 0.4) is 0 Å². The summed E-state index contributed by atoms with van der Waals surface area (Å²) < 4.78 is 0. The van der Waals surface area contributed by atoms with Crippen molar-refractivity contribution in [2.75, 3.05) is 0 Å². The van der Waals surface area contributed by atoms with Gasteiger partial charge < -0.3 is 10.2 Å². The molecule has 0 aliphatic heterocycles. The summed E-state index contributed by atoms with van der Waals surface area (Å²) in [5, 5.41) is 24.0. The Labute approximate surface area is 290 Å². The van der Waals surface area contributed by atoms with Crippen molar-refractivity contribution in [3.8, 4) is 11.5 Å². The molecule has 0 heterocycles. The Balaban J connectivity index is 0.912. The Bertz CT molecular complexity index is 1380. The highest BCUT2D eigenvalue weighted by atomic mass is 16.3. The lowest BCUT2D eigenvalue weighted by Gasteiger charge is -2.73. The van der Waals surface area contributed by atoms with Crippen molar-refractivity contribution in [3.05, 3.63) is 23.3 Å². The Morgan fingerprint density at radius 3 is 0.917 bits per heavy atom. The summed E-state index contributed by atoms with van der Waals surface area (Å²) in [6, 6.07) is 4.45. The Hall–Kier alpha value is -1.18. The molecule has 16 aliphatic rings. The zero-order valence-electron chi connectivity index (χ0n) is 29.8. The van der Waals surface area contributed by atoms with Crippen molar-refractivity contribution >= 4 is 0 Å². The first-order valence-corrected chi connectivity index (χ1v) is 21.7. The van der Waals surface area contributed by atoms with E-state index >= 15 is 0 Å². The topological polar surface area (TPSA) is 40.5 Å². The van der Waals surface area contributed by atoms with E-state index in [1.807, 2.05) is 6.07 Å². The lowest BCUT2D eigenvalue weighted by Crippen LogP contribution is -2.64. The van der Waals surface area contributed by atoms with Crippen LogP contribution in [-0.4, -0.2) is 10.2 Å². The van der Waals surface area contributed by atoms with Crippen LogP contribution in [0.2, 0.25) is 0 Å². The van der Waals surface area contributed by atoms with E-state index in [9.17, 15) is 10.2 Å². The fraction of sp³-hybridized carbons (Fsp3) is 0.870. The molecule has 16 fully saturated rings. The molecule has 16 bridgehead atoms. The van der Waals surface area contributed by atoms with Crippen LogP contribution in [0.1, 0.15) is 165 Å². The van der Waals surface area contributed by atoms with Gasteiger partial charge in [0, 0.05) is 28.0 Å². The number of hydrogen-bond donors (Lipinski definition) is 2. The van der Waals surface area contributed by atoms with E-state index in [1.54, 1.807) is 77.0 Å². The smallest absolute Gasteiger partial charge is 0.123 e. The van der Waals surface area contributed by atoms with Gasteiger partial charge in [-0.05, 0) is 241 Å². The normalized spacial score (nSPS) is 60.4. The maximum atomic E-state index is 12.0. The molecule has 0 saturated heterocycles. The fourth-order valence-corrected chi connectivity index (χ4v) is 21.3. The Morgan fingerprint density at radius 1 is 0.333 bits per heavy atom. The average molecular weight is 647 g/mol. The molecular formula is C46H62O2. The number of aromatic hydroxyl groups is 2. The summed E-state index contributed by atoms with van der Waals surface area (Å²) in [5.74, 6) is 10.5. The van der Waals surface area contributed by atoms with Gasteiger partial charge in [0.15, 0.2) is 0 Å². The number of hydrogen-bond acceptors (Lipinski definition) is 2. The van der Waals surface area contributed by atoms with Crippen LogP contribution in [0, 0.1) is 80.8 Å². The molecule has 17 rings (SSSR count). The van der Waals surface area contributed by atoms with Gasteiger partial charge in [0.05, 0.1) is 0 Å². The zero-order chi connectivity index (χ0) is 31.5. The van der Waals surface area contributed by atoms with Crippen LogP contribution >= 0.6 is 0 Å².